The Bertz CT molecular complexity index is 289. The number of carbonyl (C=O) groups is 1. The van der Waals surface area contributed by atoms with Crippen LogP contribution in [-0.4, -0.2) is 33.5 Å². The molecule has 4 nitrogen and oxygen atoms in total. The van der Waals surface area contributed by atoms with E-state index < -0.39 is 5.97 Å². The van der Waals surface area contributed by atoms with Crippen molar-refractivity contribution in [2.45, 2.75) is 96.2 Å². The van der Waals surface area contributed by atoms with Gasteiger partial charge in [-0.25, -0.2) is 4.79 Å². The molecule has 0 aliphatic heterocycles. The van der Waals surface area contributed by atoms with E-state index in [4.69, 9.17) is 5.11 Å². The molecule has 0 spiro atoms. The van der Waals surface area contributed by atoms with Gasteiger partial charge in [0.2, 0.25) is 0 Å². The number of hydrogen-bond donors (Lipinski definition) is 3. The van der Waals surface area contributed by atoms with E-state index in [1.165, 1.54) is 18.9 Å². The molecule has 0 amide bonds. The standard InChI is InChI=1S/C18H34O4/c1-2-3-7-11-16(19)13-10-14-17(20)12-8-5-4-6-9-15-18(21)22/h9,15-17,19-20H,2-8,10-14H2,1H3,(H,21,22). The molecule has 0 rings (SSSR count). The molecule has 0 aromatic rings. The molecule has 3 N–H and O–H groups in total. The van der Waals surface area contributed by atoms with E-state index in [0.717, 1.165) is 64.2 Å². The molecule has 0 aliphatic rings. The second kappa shape index (κ2) is 15.0. The molecule has 0 heterocycles. The van der Waals surface area contributed by atoms with Gasteiger partial charge in [-0.2, -0.15) is 0 Å². The maximum absolute atomic E-state index is 10.3. The summed E-state index contributed by atoms with van der Waals surface area (Å²) in [7, 11) is 0. The van der Waals surface area contributed by atoms with E-state index in [1.807, 2.05) is 0 Å². The summed E-state index contributed by atoms with van der Waals surface area (Å²) in [5, 5.41) is 28.1. The zero-order chi connectivity index (χ0) is 16.6. The minimum atomic E-state index is -0.896. The Labute approximate surface area is 135 Å². The monoisotopic (exact) mass is 314 g/mol. The van der Waals surface area contributed by atoms with Crippen LogP contribution in [0.2, 0.25) is 0 Å². The predicted molar refractivity (Wildman–Crippen MR) is 89.9 cm³/mol. The molecule has 4 heteroatoms. The summed E-state index contributed by atoms with van der Waals surface area (Å²) in [5.41, 5.74) is 0. The van der Waals surface area contributed by atoms with E-state index >= 15 is 0 Å². The lowest BCUT2D eigenvalue weighted by atomic mass is 10.0. The highest BCUT2D eigenvalue weighted by Gasteiger charge is 2.07. The largest absolute Gasteiger partial charge is 0.478 e. The third-order valence-corrected chi connectivity index (χ3v) is 3.88. The number of aliphatic hydroxyl groups excluding tert-OH is 2. The van der Waals surface area contributed by atoms with Crippen LogP contribution in [0.5, 0.6) is 0 Å². The Hall–Kier alpha value is -0.870. The fourth-order valence-corrected chi connectivity index (χ4v) is 2.51. The first-order valence-electron chi connectivity index (χ1n) is 8.81. The minimum Gasteiger partial charge on any atom is -0.478 e. The van der Waals surface area contributed by atoms with Crippen molar-refractivity contribution >= 4 is 5.97 Å². The lowest BCUT2D eigenvalue weighted by Gasteiger charge is -2.13. The molecule has 0 aromatic heterocycles. The number of rotatable bonds is 15. The van der Waals surface area contributed by atoms with Crippen LogP contribution in [0.4, 0.5) is 0 Å². The van der Waals surface area contributed by atoms with Gasteiger partial charge in [-0.3, -0.25) is 0 Å². The van der Waals surface area contributed by atoms with Crippen LogP contribution in [0.3, 0.4) is 0 Å². The molecule has 0 saturated carbocycles. The van der Waals surface area contributed by atoms with Crippen molar-refractivity contribution in [1.82, 2.24) is 0 Å². The van der Waals surface area contributed by atoms with Crippen LogP contribution in [0, 0.1) is 0 Å². The molecule has 22 heavy (non-hydrogen) atoms. The highest BCUT2D eigenvalue weighted by Crippen LogP contribution is 2.14. The molecule has 0 bridgehead atoms. The van der Waals surface area contributed by atoms with Gasteiger partial charge in [-0.05, 0) is 44.9 Å². The Balaban J connectivity index is 3.39. The van der Waals surface area contributed by atoms with Gasteiger partial charge in [0.05, 0.1) is 12.2 Å². The summed E-state index contributed by atoms with van der Waals surface area (Å²) in [5.74, 6) is -0.896. The second-order valence-corrected chi connectivity index (χ2v) is 6.11. The fourth-order valence-electron chi connectivity index (χ4n) is 2.51. The zero-order valence-electron chi connectivity index (χ0n) is 14.0. The van der Waals surface area contributed by atoms with Crippen molar-refractivity contribution in [3.8, 4) is 0 Å². The van der Waals surface area contributed by atoms with Crippen LogP contribution in [-0.2, 0) is 4.79 Å². The van der Waals surface area contributed by atoms with Gasteiger partial charge in [0.15, 0.2) is 0 Å². The minimum absolute atomic E-state index is 0.209. The molecule has 0 aromatic carbocycles. The fraction of sp³-hybridized carbons (Fsp3) is 0.833. The van der Waals surface area contributed by atoms with E-state index in [0.29, 0.717) is 0 Å². The Morgan fingerprint density at radius 2 is 1.41 bits per heavy atom. The van der Waals surface area contributed by atoms with Crippen molar-refractivity contribution in [1.29, 1.82) is 0 Å². The van der Waals surface area contributed by atoms with E-state index in [9.17, 15) is 15.0 Å². The van der Waals surface area contributed by atoms with E-state index in [-0.39, 0.29) is 12.2 Å². The Morgan fingerprint density at radius 3 is 1.95 bits per heavy atom. The average Bonchev–Trinajstić information content (AvgIpc) is 2.46. The van der Waals surface area contributed by atoms with Crippen LogP contribution < -0.4 is 0 Å². The summed E-state index contributed by atoms with van der Waals surface area (Å²) >= 11 is 0. The van der Waals surface area contributed by atoms with Crippen LogP contribution in [0.1, 0.15) is 84.0 Å². The number of aliphatic hydroxyl groups is 2. The first kappa shape index (κ1) is 21.1. The number of aliphatic carboxylic acids is 1. The summed E-state index contributed by atoms with van der Waals surface area (Å²) < 4.78 is 0. The quantitative estimate of drug-likeness (QED) is 0.315. The number of unbranched alkanes of at least 4 members (excludes halogenated alkanes) is 5. The molecule has 2 atom stereocenters. The van der Waals surface area contributed by atoms with Crippen LogP contribution in [0.25, 0.3) is 0 Å². The van der Waals surface area contributed by atoms with Crippen molar-refractivity contribution < 1.29 is 20.1 Å². The molecular weight excluding hydrogens is 280 g/mol. The summed E-state index contributed by atoms with van der Waals surface area (Å²) in [6.45, 7) is 2.16. The number of allylic oxidation sites excluding steroid dienone is 1. The summed E-state index contributed by atoms with van der Waals surface area (Å²) in [4.78, 5) is 10.3. The van der Waals surface area contributed by atoms with Gasteiger partial charge in [-0.15, -0.1) is 0 Å². The third kappa shape index (κ3) is 15.5. The topological polar surface area (TPSA) is 77.8 Å². The number of carboxylic acid groups (broad SMARTS) is 1. The summed E-state index contributed by atoms with van der Waals surface area (Å²) in [6.07, 6.45) is 13.7. The van der Waals surface area contributed by atoms with Crippen molar-refractivity contribution in [2.24, 2.45) is 0 Å². The van der Waals surface area contributed by atoms with Gasteiger partial charge in [0, 0.05) is 6.08 Å². The maximum Gasteiger partial charge on any atom is 0.327 e. The molecule has 0 saturated heterocycles. The Kier molecular flexibility index (Phi) is 14.4. The smallest absolute Gasteiger partial charge is 0.327 e. The SMILES string of the molecule is CCCCCC(O)CCCC(O)CCCCCC=CC(=O)O. The molecule has 130 valence electrons. The van der Waals surface area contributed by atoms with Gasteiger partial charge < -0.3 is 15.3 Å². The van der Waals surface area contributed by atoms with Crippen molar-refractivity contribution in [3.05, 3.63) is 12.2 Å². The van der Waals surface area contributed by atoms with Crippen molar-refractivity contribution in [2.75, 3.05) is 0 Å². The second-order valence-electron chi connectivity index (χ2n) is 6.11. The third-order valence-electron chi connectivity index (χ3n) is 3.88. The average molecular weight is 314 g/mol. The van der Waals surface area contributed by atoms with Gasteiger partial charge in [-0.1, -0.05) is 45.1 Å². The van der Waals surface area contributed by atoms with Crippen molar-refractivity contribution in [3.63, 3.8) is 0 Å². The highest BCUT2D eigenvalue weighted by molar-refractivity contribution is 5.79. The summed E-state index contributed by atoms with van der Waals surface area (Å²) in [6, 6.07) is 0. The maximum atomic E-state index is 10.3. The normalized spacial score (nSPS) is 14.3. The first-order chi connectivity index (χ1) is 10.6. The van der Waals surface area contributed by atoms with Gasteiger partial charge >= 0.3 is 5.97 Å². The predicted octanol–water partition coefficient (Wildman–Crippen LogP) is 4.05. The van der Waals surface area contributed by atoms with Gasteiger partial charge in [0.25, 0.3) is 0 Å². The molecular formula is C18H34O4. The Morgan fingerprint density at radius 1 is 0.864 bits per heavy atom. The highest BCUT2D eigenvalue weighted by atomic mass is 16.4. The zero-order valence-corrected chi connectivity index (χ0v) is 14.0. The lowest BCUT2D eigenvalue weighted by molar-refractivity contribution is -0.131. The molecule has 0 fully saturated rings. The van der Waals surface area contributed by atoms with Crippen LogP contribution >= 0.6 is 0 Å². The van der Waals surface area contributed by atoms with Gasteiger partial charge in [0.1, 0.15) is 0 Å². The van der Waals surface area contributed by atoms with E-state index in [2.05, 4.69) is 6.92 Å². The first-order valence-corrected chi connectivity index (χ1v) is 8.81. The molecule has 0 radical (unpaired) electrons. The number of carboxylic acids is 1. The van der Waals surface area contributed by atoms with Crippen LogP contribution in [0.15, 0.2) is 12.2 Å². The number of hydrogen-bond acceptors (Lipinski definition) is 3. The molecule has 0 aliphatic carbocycles. The van der Waals surface area contributed by atoms with E-state index in [1.54, 1.807) is 6.08 Å². The molecule has 2 unspecified atom stereocenters. The lowest BCUT2D eigenvalue weighted by Crippen LogP contribution is -2.10.